The van der Waals surface area contributed by atoms with Crippen molar-refractivity contribution in [1.82, 2.24) is 0 Å². The molecule has 0 radical (unpaired) electrons. The van der Waals surface area contributed by atoms with E-state index >= 15 is 0 Å². The van der Waals surface area contributed by atoms with E-state index in [-0.39, 0.29) is 38.1 Å². The zero-order valence-electron chi connectivity index (χ0n) is 11.9. The van der Waals surface area contributed by atoms with Crippen LogP contribution >= 0.6 is 0 Å². The number of halogens is 2. The highest BCUT2D eigenvalue weighted by Gasteiger charge is 2.35. The highest BCUT2D eigenvalue weighted by atomic mass is 19.3. The van der Waals surface area contributed by atoms with E-state index in [0.717, 1.165) is 0 Å². The van der Waals surface area contributed by atoms with Gasteiger partial charge in [-0.1, -0.05) is 12.1 Å². The summed E-state index contributed by atoms with van der Waals surface area (Å²) < 4.78 is 31.8. The smallest absolute Gasteiger partial charge is 0.338 e. The summed E-state index contributed by atoms with van der Waals surface area (Å²) in [5, 5.41) is 9.45. The molecular weight excluding hydrogens is 280 g/mol. The Bertz CT molecular complexity index is 510. The second kappa shape index (κ2) is 6.39. The van der Waals surface area contributed by atoms with E-state index in [2.05, 4.69) is 0 Å². The van der Waals surface area contributed by atoms with Gasteiger partial charge in [-0.2, -0.15) is 0 Å². The van der Waals surface area contributed by atoms with Crippen LogP contribution in [-0.4, -0.2) is 36.7 Å². The third kappa shape index (κ3) is 3.69. The molecule has 1 aliphatic heterocycles. The van der Waals surface area contributed by atoms with E-state index in [0.29, 0.717) is 17.9 Å². The Kier molecular flexibility index (Phi) is 4.77. The molecule has 1 N–H and O–H groups in total. The zero-order valence-corrected chi connectivity index (χ0v) is 11.9. The summed E-state index contributed by atoms with van der Waals surface area (Å²) in [6.07, 6.45) is -0.497. The van der Waals surface area contributed by atoms with Crippen molar-refractivity contribution < 1.29 is 23.4 Å². The molecule has 0 bridgehead atoms. The number of nitrogens with zero attached hydrogens (tertiary/aromatic N) is 1. The molecule has 6 heteroatoms. The Balaban J connectivity index is 2.28. The molecule has 0 saturated carbocycles. The lowest BCUT2D eigenvalue weighted by molar-refractivity contribution is -0.0220. The number of piperidine rings is 1. The Labute approximate surface area is 122 Å². The lowest BCUT2D eigenvalue weighted by Crippen LogP contribution is -2.40. The van der Waals surface area contributed by atoms with Gasteiger partial charge in [-0.15, -0.1) is 0 Å². The molecule has 21 heavy (non-hydrogen) atoms. The molecule has 1 fully saturated rings. The minimum absolute atomic E-state index is 0.149. The van der Waals surface area contributed by atoms with Crippen LogP contribution in [0.5, 0.6) is 0 Å². The Morgan fingerprint density at radius 3 is 2.62 bits per heavy atom. The second-order valence-corrected chi connectivity index (χ2v) is 5.10. The molecule has 1 aromatic rings. The molecule has 0 aliphatic carbocycles. The minimum Gasteiger partial charge on any atom is -0.478 e. The standard InChI is InChI=1S/C15H19F2NO3/c1-2-21-10-11-4-3-5-12(13(11)14(19)20)18-8-6-15(16,17)7-9-18/h3-5H,2,6-10H2,1H3,(H,19,20). The molecule has 116 valence electrons. The molecule has 0 atom stereocenters. The number of anilines is 1. The number of carboxylic acid groups (broad SMARTS) is 1. The first kappa shape index (κ1) is 15.7. The molecule has 4 nitrogen and oxygen atoms in total. The lowest BCUT2D eigenvalue weighted by atomic mass is 10.0. The van der Waals surface area contributed by atoms with Gasteiger partial charge in [0.2, 0.25) is 0 Å². The molecule has 1 aromatic carbocycles. The Hall–Kier alpha value is -1.69. The summed E-state index contributed by atoms with van der Waals surface area (Å²) in [7, 11) is 0. The van der Waals surface area contributed by atoms with Gasteiger partial charge in [0.1, 0.15) is 0 Å². The van der Waals surface area contributed by atoms with Gasteiger partial charge in [-0.05, 0) is 18.6 Å². The van der Waals surface area contributed by atoms with Gasteiger partial charge in [0, 0.05) is 32.5 Å². The van der Waals surface area contributed by atoms with Gasteiger partial charge in [0.15, 0.2) is 0 Å². The van der Waals surface area contributed by atoms with Gasteiger partial charge < -0.3 is 14.7 Å². The summed E-state index contributed by atoms with van der Waals surface area (Å²) in [6, 6.07) is 5.10. The molecule has 2 rings (SSSR count). The number of carbonyl (C=O) groups is 1. The maximum Gasteiger partial charge on any atom is 0.338 e. The van der Waals surface area contributed by atoms with E-state index in [4.69, 9.17) is 4.74 Å². The molecule has 1 heterocycles. The van der Waals surface area contributed by atoms with Crippen molar-refractivity contribution in [2.45, 2.75) is 32.3 Å². The fraction of sp³-hybridized carbons (Fsp3) is 0.533. The van der Waals surface area contributed by atoms with Crippen molar-refractivity contribution >= 4 is 11.7 Å². The van der Waals surface area contributed by atoms with Crippen molar-refractivity contribution in [2.24, 2.45) is 0 Å². The second-order valence-electron chi connectivity index (χ2n) is 5.10. The summed E-state index contributed by atoms with van der Waals surface area (Å²) in [5.41, 5.74) is 1.21. The molecule has 0 amide bonds. The highest BCUT2D eigenvalue weighted by Crippen LogP contribution is 2.33. The van der Waals surface area contributed by atoms with Crippen molar-refractivity contribution in [3.63, 3.8) is 0 Å². The number of ether oxygens (including phenoxy) is 1. The van der Waals surface area contributed by atoms with E-state index in [9.17, 15) is 18.7 Å². The topological polar surface area (TPSA) is 49.8 Å². The molecular formula is C15H19F2NO3. The molecule has 0 spiro atoms. The van der Waals surface area contributed by atoms with Gasteiger partial charge in [0.25, 0.3) is 5.92 Å². The zero-order chi connectivity index (χ0) is 15.5. The molecule has 1 saturated heterocycles. The molecule has 0 unspecified atom stereocenters. The lowest BCUT2D eigenvalue weighted by Gasteiger charge is -2.34. The number of hydrogen-bond acceptors (Lipinski definition) is 3. The number of benzene rings is 1. The Morgan fingerprint density at radius 1 is 1.38 bits per heavy atom. The summed E-state index contributed by atoms with van der Waals surface area (Å²) in [5.74, 6) is -3.71. The van der Waals surface area contributed by atoms with Gasteiger partial charge in [-0.25, -0.2) is 13.6 Å². The van der Waals surface area contributed by atoms with Gasteiger partial charge in [0.05, 0.1) is 17.9 Å². The monoisotopic (exact) mass is 299 g/mol. The first-order valence-electron chi connectivity index (χ1n) is 7.00. The van der Waals surface area contributed by atoms with Gasteiger partial charge >= 0.3 is 5.97 Å². The van der Waals surface area contributed by atoms with Crippen LogP contribution in [0.1, 0.15) is 35.7 Å². The van der Waals surface area contributed by atoms with Crippen LogP contribution < -0.4 is 4.90 Å². The summed E-state index contributed by atoms with van der Waals surface area (Å²) in [6.45, 7) is 2.84. The van der Waals surface area contributed by atoms with E-state index in [1.54, 1.807) is 23.1 Å². The third-order valence-electron chi connectivity index (χ3n) is 3.64. The summed E-state index contributed by atoms with van der Waals surface area (Å²) >= 11 is 0. The summed E-state index contributed by atoms with van der Waals surface area (Å²) in [4.78, 5) is 13.3. The van der Waals surface area contributed by atoms with Crippen LogP contribution in [-0.2, 0) is 11.3 Å². The predicted octanol–water partition coefficient (Wildman–Crippen LogP) is 3.16. The average Bonchev–Trinajstić information content (AvgIpc) is 2.44. The van der Waals surface area contributed by atoms with Crippen LogP contribution in [0.3, 0.4) is 0 Å². The fourth-order valence-corrected chi connectivity index (χ4v) is 2.50. The minimum atomic E-state index is -2.65. The fourth-order valence-electron chi connectivity index (χ4n) is 2.50. The number of aromatic carboxylic acids is 1. The first-order valence-corrected chi connectivity index (χ1v) is 7.00. The van der Waals surface area contributed by atoms with E-state index in [1.807, 2.05) is 6.92 Å². The maximum absolute atomic E-state index is 13.2. The van der Waals surface area contributed by atoms with Crippen molar-refractivity contribution in [3.8, 4) is 0 Å². The molecule has 1 aliphatic rings. The number of carboxylic acids is 1. The SMILES string of the molecule is CCOCc1cccc(N2CCC(F)(F)CC2)c1C(=O)O. The number of rotatable bonds is 5. The van der Waals surface area contributed by atoms with Crippen molar-refractivity contribution in [2.75, 3.05) is 24.6 Å². The van der Waals surface area contributed by atoms with Crippen LogP contribution in [0.4, 0.5) is 14.5 Å². The highest BCUT2D eigenvalue weighted by molar-refractivity contribution is 5.96. The van der Waals surface area contributed by atoms with Crippen LogP contribution in [0.2, 0.25) is 0 Å². The average molecular weight is 299 g/mol. The number of alkyl halides is 2. The maximum atomic E-state index is 13.2. The largest absolute Gasteiger partial charge is 0.478 e. The van der Waals surface area contributed by atoms with Crippen LogP contribution in [0.25, 0.3) is 0 Å². The predicted molar refractivity (Wildman–Crippen MR) is 75.1 cm³/mol. The number of hydrogen-bond donors (Lipinski definition) is 1. The van der Waals surface area contributed by atoms with Gasteiger partial charge in [-0.3, -0.25) is 0 Å². The normalized spacial score (nSPS) is 17.8. The van der Waals surface area contributed by atoms with Crippen molar-refractivity contribution in [3.05, 3.63) is 29.3 Å². The van der Waals surface area contributed by atoms with Crippen LogP contribution in [0.15, 0.2) is 18.2 Å². The molecule has 0 aromatic heterocycles. The first-order chi connectivity index (χ1) is 9.94. The quantitative estimate of drug-likeness (QED) is 0.907. The van der Waals surface area contributed by atoms with E-state index in [1.165, 1.54) is 0 Å². The van der Waals surface area contributed by atoms with Crippen LogP contribution in [0, 0.1) is 0 Å². The third-order valence-corrected chi connectivity index (χ3v) is 3.64. The van der Waals surface area contributed by atoms with E-state index < -0.39 is 11.9 Å². The Morgan fingerprint density at radius 2 is 2.05 bits per heavy atom. The van der Waals surface area contributed by atoms with Crippen molar-refractivity contribution in [1.29, 1.82) is 0 Å².